The zero-order chi connectivity index (χ0) is 12.5. The predicted molar refractivity (Wildman–Crippen MR) is 71.8 cm³/mol. The smallest absolute Gasteiger partial charge is 0.244 e. The third kappa shape index (κ3) is 1.95. The molecule has 0 saturated carbocycles. The van der Waals surface area contributed by atoms with Gasteiger partial charge in [-0.2, -0.15) is 0 Å². The average molecular weight is 305 g/mol. The Bertz CT molecular complexity index is 599. The molecule has 3 rings (SSSR count). The van der Waals surface area contributed by atoms with Crippen molar-refractivity contribution in [3.05, 3.63) is 41.1 Å². The highest BCUT2D eigenvalue weighted by Crippen LogP contribution is 2.32. The highest BCUT2D eigenvalue weighted by Gasteiger charge is 2.24. The molecule has 1 N–H and O–H groups in total. The Labute approximate surface area is 112 Å². The summed E-state index contributed by atoms with van der Waals surface area (Å²) in [7, 11) is 0. The first-order valence-corrected chi connectivity index (χ1v) is 6.17. The second kappa shape index (κ2) is 4.38. The van der Waals surface area contributed by atoms with Gasteiger partial charge in [0.05, 0.1) is 15.8 Å². The van der Waals surface area contributed by atoms with E-state index in [1.54, 1.807) is 17.3 Å². The first kappa shape index (κ1) is 11.2. The van der Waals surface area contributed by atoms with E-state index >= 15 is 0 Å². The number of carbonyl (C=O) groups excluding carboxylic acids is 1. The number of anilines is 3. The molecule has 0 saturated heterocycles. The van der Waals surface area contributed by atoms with Gasteiger partial charge >= 0.3 is 0 Å². The zero-order valence-electron chi connectivity index (χ0n) is 9.30. The summed E-state index contributed by atoms with van der Waals surface area (Å²) < 4.78 is 0.806. The lowest BCUT2D eigenvalue weighted by molar-refractivity contribution is -0.115. The van der Waals surface area contributed by atoms with Crippen LogP contribution in [0.3, 0.4) is 0 Å². The number of benzene rings is 1. The Balaban J connectivity index is 2.07. The third-order valence-corrected chi connectivity index (χ3v) is 3.03. The number of rotatable bonds is 1. The maximum absolute atomic E-state index is 11.7. The van der Waals surface area contributed by atoms with Gasteiger partial charge in [-0.15, -0.1) is 0 Å². The van der Waals surface area contributed by atoms with Gasteiger partial charge in [0.15, 0.2) is 0 Å². The Morgan fingerprint density at radius 3 is 2.72 bits per heavy atom. The molecule has 2 heterocycles. The first-order chi connectivity index (χ1) is 8.74. The summed E-state index contributed by atoms with van der Waals surface area (Å²) >= 11 is 3.29. The van der Waals surface area contributed by atoms with E-state index in [9.17, 15) is 4.79 Å². The molecule has 6 heteroatoms. The molecule has 0 atom stereocenters. The second-order valence-corrected chi connectivity index (χ2v) is 4.77. The summed E-state index contributed by atoms with van der Waals surface area (Å²) in [5.74, 6) is 0.445. The van der Waals surface area contributed by atoms with E-state index in [0.29, 0.717) is 5.95 Å². The quantitative estimate of drug-likeness (QED) is 0.878. The van der Waals surface area contributed by atoms with Crippen molar-refractivity contribution >= 4 is 39.2 Å². The molecule has 0 unspecified atom stereocenters. The lowest BCUT2D eigenvalue weighted by Crippen LogP contribution is -2.35. The van der Waals surface area contributed by atoms with Crippen LogP contribution in [-0.4, -0.2) is 22.4 Å². The van der Waals surface area contributed by atoms with Crippen LogP contribution in [0.4, 0.5) is 17.3 Å². The number of nitrogens with one attached hydrogen (secondary N) is 1. The van der Waals surface area contributed by atoms with Crippen LogP contribution < -0.4 is 10.2 Å². The van der Waals surface area contributed by atoms with Crippen molar-refractivity contribution in [3.8, 4) is 0 Å². The molecule has 0 fully saturated rings. The Kier molecular flexibility index (Phi) is 2.71. The van der Waals surface area contributed by atoms with Crippen LogP contribution >= 0.6 is 15.9 Å². The van der Waals surface area contributed by atoms with Crippen molar-refractivity contribution in [1.82, 2.24) is 9.97 Å². The number of hydrogen-bond donors (Lipinski definition) is 1. The number of fused-ring (bicyclic) bond motifs is 1. The fourth-order valence-corrected chi connectivity index (χ4v) is 2.06. The first-order valence-electron chi connectivity index (χ1n) is 5.38. The van der Waals surface area contributed by atoms with E-state index < -0.39 is 0 Å². The molecule has 1 aliphatic heterocycles. The summed E-state index contributed by atoms with van der Waals surface area (Å²) in [6.45, 7) is 0.221. The van der Waals surface area contributed by atoms with E-state index in [1.807, 2.05) is 24.3 Å². The van der Waals surface area contributed by atoms with Crippen molar-refractivity contribution < 1.29 is 4.79 Å². The molecule has 0 aliphatic carbocycles. The van der Waals surface area contributed by atoms with Crippen molar-refractivity contribution in [2.24, 2.45) is 0 Å². The summed E-state index contributed by atoms with van der Waals surface area (Å²) in [6.07, 6.45) is 3.33. The molecule has 1 aromatic heterocycles. The van der Waals surface area contributed by atoms with Crippen LogP contribution in [0.5, 0.6) is 0 Å². The minimum absolute atomic E-state index is 0.0692. The van der Waals surface area contributed by atoms with Gasteiger partial charge in [-0.25, -0.2) is 9.97 Å². The molecule has 0 radical (unpaired) electrons. The lowest BCUT2D eigenvalue weighted by atomic mass is 10.2. The monoisotopic (exact) mass is 304 g/mol. The topological polar surface area (TPSA) is 58.1 Å². The summed E-state index contributed by atoms with van der Waals surface area (Å²) in [6, 6.07) is 7.59. The van der Waals surface area contributed by atoms with Crippen LogP contribution in [0, 0.1) is 0 Å². The van der Waals surface area contributed by atoms with Gasteiger partial charge < -0.3 is 5.32 Å². The van der Waals surface area contributed by atoms with E-state index in [-0.39, 0.29) is 12.5 Å². The minimum atomic E-state index is -0.0692. The second-order valence-electron chi connectivity index (χ2n) is 3.85. The van der Waals surface area contributed by atoms with E-state index in [4.69, 9.17) is 0 Å². The molecule has 1 aromatic carbocycles. The molecular formula is C12H9BrN4O. The van der Waals surface area contributed by atoms with Gasteiger partial charge in [0.2, 0.25) is 11.9 Å². The maximum atomic E-state index is 11.7. The zero-order valence-corrected chi connectivity index (χ0v) is 10.9. The summed E-state index contributed by atoms with van der Waals surface area (Å²) in [5, 5.41) is 2.83. The van der Waals surface area contributed by atoms with Crippen molar-refractivity contribution in [2.75, 3.05) is 16.8 Å². The number of aromatic nitrogens is 2. The Morgan fingerprint density at radius 1 is 1.22 bits per heavy atom. The van der Waals surface area contributed by atoms with E-state index in [1.165, 1.54) is 0 Å². The fourth-order valence-electron chi connectivity index (χ4n) is 1.86. The van der Waals surface area contributed by atoms with Gasteiger partial charge in [-0.3, -0.25) is 9.69 Å². The predicted octanol–water partition coefficient (Wildman–Crippen LogP) is 2.33. The number of nitrogens with zero attached hydrogens (tertiary/aromatic N) is 3. The van der Waals surface area contributed by atoms with Crippen LogP contribution in [0.25, 0.3) is 0 Å². The number of carbonyl (C=O) groups is 1. The molecule has 5 nitrogen and oxygen atoms in total. The molecule has 90 valence electrons. The van der Waals surface area contributed by atoms with Gasteiger partial charge in [0, 0.05) is 12.4 Å². The number of amides is 1. The molecule has 18 heavy (non-hydrogen) atoms. The number of hydrogen-bond acceptors (Lipinski definition) is 4. The van der Waals surface area contributed by atoms with E-state index in [2.05, 4.69) is 31.2 Å². The highest BCUT2D eigenvalue weighted by atomic mass is 79.9. The minimum Gasteiger partial charge on any atom is -0.323 e. The van der Waals surface area contributed by atoms with Gasteiger partial charge in [0.25, 0.3) is 0 Å². The van der Waals surface area contributed by atoms with Crippen molar-refractivity contribution in [3.63, 3.8) is 0 Å². The highest BCUT2D eigenvalue weighted by molar-refractivity contribution is 9.10. The molecular weight excluding hydrogens is 296 g/mol. The number of halogens is 1. The average Bonchev–Trinajstić information content (AvgIpc) is 2.38. The van der Waals surface area contributed by atoms with Crippen molar-refractivity contribution in [2.45, 2.75) is 0 Å². The normalized spacial score (nSPS) is 14.1. The van der Waals surface area contributed by atoms with Crippen molar-refractivity contribution in [1.29, 1.82) is 0 Å². The molecule has 0 bridgehead atoms. The van der Waals surface area contributed by atoms with Gasteiger partial charge in [0.1, 0.15) is 6.54 Å². The molecule has 1 aliphatic rings. The number of para-hydroxylation sites is 2. The Morgan fingerprint density at radius 2 is 1.94 bits per heavy atom. The van der Waals surface area contributed by atoms with Gasteiger partial charge in [-0.05, 0) is 28.1 Å². The van der Waals surface area contributed by atoms with E-state index in [0.717, 1.165) is 15.8 Å². The summed E-state index contributed by atoms with van der Waals surface area (Å²) in [4.78, 5) is 21.9. The maximum Gasteiger partial charge on any atom is 0.244 e. The SMILES string of the molecule is O=C1CN(c2ncc(Br)cn2)c2ccccc2N1. The fraction of sp³-hybridized carbons (Fsp3) is 0.0833. The molecule has 2 aromatic rings. The lowest BCUT2D eigenvalue weighted by Gasteiger charge is -2.28. The van der Waals surface area contributed by atoms with Crippen LogP contribution in [0.15, 0.2) is 41.1 Å². The standard InChI is InChI=1S/C12H9BrN4O/c13-8-5-14-12(15-6-8)17-7-11(18)16-9-3-1-2-4-10(9)17/h1-6H,7H2,(H,16,18). The van der Waals surface area contributed by atoms with Crippen LogP contribution in [0.1, 0.15) is 0 Å². The largest absolute Gasteiger partial charge is 0.323 e. The third-order valence-electron chi connectivity index (χ3n) is 2.62. The van der Waals surface area contributed by atoms with Crippen LogP contribution in [0.2, 0.25) is 0 Å². The van der Waals surface area contributed by atoms with Crippen LogP contribution in [-0.2, 0) is 4.79 Å². The Hall–Kier alpha value is -1.95. The summed E-state index contributed by atoms with van der Waals surface area (Å²) in [5.41, 5.74) is 1.68. The molecule has 1 amide bonds. The molecule has 0 spiro atoms. The van der Waals surface area contributed by atoms with Gasteiger partial charge in [-0.1, -0.05) is 12.1 Å².